The van der Waals surface area contributed by atoms with Crippen molar-refractivity contribution in [1.82, 2.24) is 15.1 Å². The van der Waals surface area contributed by atoms with E-state index in [9.17, 15) is 8.42 Å². The van der Waals surface area contributed by atoms with Crippen LogP contribution in [0.15, 0.2) is 6.20 Å². The van der Waals surface area contributed by atoms with Gasteiger partial charge in [0.25, 0.3) is 0 Å². The zero-order chi connectivity index (χ0) is 12.2. The first-order valence-electron chi connectivity index (χ1n) is 5.33. The molecule has 5 nitrogen and oxygen atoms in total. The molecule has 0 aromatic carbocycles. The van der Waals surface area contributed by atoms with E-state index in [0.717, 1.165) is 24.2 Å². The highest BCUT2D eigenvalue weighted by atomic mass is 32.2. The number of hydrogen-bond donors (Lipinski definition) is 1. The second kappa shape index (κ2) is 5.45. The molecule has 6 heteroatoms. The monoisotopic (exact) mass is 245 g/mol. The summed E-state index contributed by atoms with van der Waals surface area (Å²) in [6.07, 6.45) is 3.91. The highest BCUT2D eigenvalue weighted by Crippen LogP contribution is 2.09. The normalized spacial score (nSPS) is 11.9. The summed E-state index contributed by atoms with van der Waals surface area (Å²) in [6.45, 7) is 3.25. The third-order valence-electron chi connectivity index (χ3n) is 2.41. The average Bonchev–Trinajstić information content (AvgIpc) is 2.57. The topological polar surface area (TPSA) is 64.0 Å². The Bertz CT molecular complexity index is 437. The van der Waals surface area contributed by atoms with E-state index < -0.39 is 9.84 Å². The Morgan fingerprint density at radius 3 is 2.69 bits per heavy atom. The first-order chi connectivity index (χ1) is 7.48. The number of rotatable bonds is 6. The van der Waals surface area contributed by atoms with E-state index in [1.165, 1.54) is 6.26 Å². The van der Waals surface area contributed by atoms with Crippen LogP contribution in [0, 0.1) is 0 Å². The number of nitrogens with one attached hydrogen (secondary N) is 1. The molecule has 1 rings (SSSR count). The van der Waals surface area contributed by atoms with Crippen LogP contribution in [0.4, 0.5) is 0 Å². The Morgan fingerprint density at radius 2 is 2.19 bits per heavy atom. The van der Waals surface area contributed by atoms with Gasteiger partial charge in [0.2, 0.25) is 0 Å². The number of aryl methyl sites for hydroxylation is 1. The Labute approximate surface area is 96.8 Å². The van der Waals surface area contributed by atoms with Gasteiger partial charge in [-0.3, -0.25) is 4.68 Å². The van der Waals surface area contributed by atoms with Gasteiger partial charge >= 0.3 is 0 Å². The first-order valence-corrected chi connectivity index (χ1v) is 7.40. The Hall–Kier alpha value is -0.880. The number of hydrogen-bond acceptors (Lipinski definition) is 4. The van der Waals surface area contributed by atoms with E-state index in [0.29, 0.717) is 6.54 Å². The van der Waals surface area contributed by atoms with E-state index >= 15 is 0 Å². The van der Waals surface area contributed by atoms with E-state index in [2.05, 4.69) is 10.4 Å². The van der Waals surface area contributed by atoms with Gasteiger partial charge in [-0.2, -0.15) is 5.10 Å². The summed E-state index contributed by atoms with van der Waals surface area (Å²) in [6, 6.07) is 0. The second-order valence-corrected chi connectivity index (χ2v) is 6.11. The van der Waals surface area contributed by atoms with Crippen molar-refractivity contribution in [2.45, 2.75) is 26.4 Å². The summed E-state index contributed by atoms with van der Waals surface area (Å²) in [5.41, 5.74) is 2.25. The molecule has 1 heterocycles. The molecule has 0 aliphatic carbocycles. The van der Waals surface area contributed by atoms with Gasteiger partial charge < -0.3 is 5.32 Å². The predicted octanol–water partition coefficient (Wildman–Crippen LogP) is 0.210. The van der Waals surface area contributed by atoms with Gasteiger partial charge in [0.15, 0.2) is 0 Å². The van der Waals surface area contributed by atoms with Crippen molar-refractivity contribution in [2.24, 2.45) is 0 Å². The van der Waals surface area contributed by atoms with Crippen LogP contribution in [-0.2, 0) is 29.3 Å². The highest BCUT2D eigenvalue weighted by molar-refractivity contribution is 7.90. The van der Waals surface area contributed by atoms with Gasteiger partial charge in [0.1, 0.15) is 9.84 Å². The van der Waals surface area contributed by atoms with Crippen LogP contribution in [-0.4, -0.2) is 37.3 Å². The molecule has 16 heavy (non-hydrogen) atoms. The lowest BCUT2D eigenvalue weighted by atomic mass is 10.2. The largest absolute Gasteiger partial charge is 0.316 e. The molecule has 0 atom stereocenters. The molecular weight excluding hydrogens is 226 g/mol. The maximum atomic E-state index is 11.1. The smallest absolute Gasteiger partial charge is 0.149 e. The summed E-state index contributed by atoms with van der Waals surface area (Å²) in [4.78, 5) is 0. The minimum atomic E-state index is -2.93. The standard InChI is InChI=1S/C10H19N3O2S/c1-4-10-9(7-11-2)8-12-13(10)5-6-16(3,14)15/h8,11H,4-7H2,1-3H3. The molecule has 0 saturated carbocycles. The molecule has 1 aromatic heterocycles. The van der Waals surface area contributed by atoms with Crippen LogP contribution in [0.1, 0.15) is 18.2 Å². The predicted molar refractivity (Wildman–Crippen MR) is 64.1 cm³/mol. The zero-order valence-electron chi connectivity index (χ0n) is 10.0. The fourth-order valence-corrected chi connectivity index (χ4v) is 2.15. The first kappa shape index (κ1) is 13.2. The fourth-order valence-electron chi connectivity index (χ4n) is 1.64. The van der Waals surface area contributed by atoms with Crippen molar-refractivity contribution in [1.29, 1.82) is 0 Å². The maximum Gasteiger partial charge on any atom is 0.149 e. The minimum absolute atomic E-state index is 0.140. The zero-order valence-corrected chi connectivity index (χ0v) is 10.8. The van der Waals surface area contributed by atoms with Crippen molar-refractivity contribution in [3.05, 3.63) is 17.5 Å². The summed E-state index contributed by atoms with van der Waals surface area (Å²) < 4.78 is 24.0. The average molecular weight is 245 g/mol. The molecule has 92 valence electrons. The summed E-state index contributed by atoms with van der Waals surface area (Å²) in [5.74, 6) is 0.140. The van der Waals surface area contributed by atoms with Crippen LogP contribution in [0.5, 0.6) is 0 Å². The van der Waals surface area contributed by atoms with Gasteiger partial charge in [-0.05, 0) is 13.5 Å². The third-order valence-corrected chi connectivity index (χ3v) is 3.34. The van der Waals surface area contributed by atoms with E-state index in [1.54, 1.807) is 10.9 Å². The summed E-state index contributed by atoms with van der Waals surface area (Å²) >= 11 is 0. The Kier molecular flexibility index (Phi) is 4.49. The molecule has 0 unspecified atom stereocenters. The summed E-state index contributed by atoms with van der Waals surface area (Å²) in [7, 11) is -1.04. The lowest BCUT2D eigenvalue weighted by Crippen LogP contribution is -2.15. The van der Waals surface area contributed by atoms with Crippen molar-refractivity contribution in [3.63, 3.8) is 0 Å². The highest BCUT2D eigenvalue weighted by Gasteiger charge is 2.10. The molecule has 0 spiro atoms. The molecule has 0 fully saturated rings. The van der Waals surface area contributed by atoms with Gasteiger partial charge in [-0.25, -0.2) is 8.42 Å². The van der Waals surface area contributed by atoms with Crippen molar-refractivity contribution >= 4 is 9.84 Å². The van der Waals surface area contributed by atoms with Gasteiger partial charge in [-0.15, -0.1) is 0 Å². The lowest BCUT2D eigenvalue weighted by Gasteiger charge is -2.07. The molecule has 0 saturated heterocycles. The maximum absolute atomic E-state index is 11.1. The quantitative estimate of drug-likeness (QED) is 0.778. The van der Waals surface area contributed by atoms with Crippen LogP contribution < -0.4 is 5.32 Å². The molecule has 0 aliphatic rings. The lowest BCUT2D eigenvalue weighted by molar-refractivity contribution is 0.578. The van der Waals surface area contributed by atoms with Crippen LogP contribution in [0.2, 0.25) is 0 Å². The van der Waals surface area contributed by atoms with Gasteiger partial charge in [0.05, 0.1) is 18.5 Å². The third kappa shape index (κ3) is 3.61. The molecular formula is C10H19N3O2S. The van der Waals surface area contributed by atoms with Crippen LogP contribution >= 0.6 is 0 Å². The fraction of sp³-hybridized carbons (Fsp3) is 0.700. The van der Waals surface area contributed by atoms with Crippen LogP contribution in [0.25, 0.3) is 0 Å². The minimum Gasteiger partial charge on any atom is -0.316 e. The molecule has 0 aliphatic heterocycles. The van der Waals surface area contributed by atoms with Crippen molar-refractivity contribution < 1.29 is 8.42 Å². The Balaban J connectivity index is 2.80. The number of aromatic nitrogens is 2. The van der Waals surface area contributed by atoms with Crippen LogP contribution in [0.3, 0.4) is 0 Å². The molecule has 0 radical (unpaired) electrons. The SMILES string of the molecule is CCc1c(CNC)cnn1CCS(C)(=O)=O. The number of sulfone groups is 1. The van der Waals surface area contributed by atoms with Gasteiger partial charge in [0, 0.05) is 24.1 Å². The molecule has 1 aromatic rings. The summed E-state index contributed by atoms with van der Waals surface area (Å²) in [5, 5.41) is 7.29. The van der Waals surface area contributed by atoms with E-state index in [4.69, 9.17) is 0 Å². The number of nitrogens with zero attached hydrogens (tertiary/aromatic N) is 2. The molecule has 1 N–H and O–H groups in total. The molecule has 0 amide bonds. The van der Waals surface area contributed by atoms with Crippen molar-refractivity contribution in [2.75, 3.05) is 19.1 Å². The van der Waals surface area contributed by atoms with E-state index in [1.807, 2.05) is 14.0 Å². The van der Waals surface area contributed by atoms with Gasteiger partial charge in [-0.1, -0.05) is 6.92 Å². The molecule has 0 bridgehead atoms. The van der Waals surface area contributed by atoms with Crippen molar-refractivity contribution in [3.8, 4) is 0 Å². The van der Waals surface area contributed by atoms with E-state index in [-0.39, 0.29) is 5.75 Å². The Morgan fingerprint density at radius 1 is 1.50 bits per heavy atom. The second-order valence-electron chi connectivity index (χ2n) is 3.85.